The largest absolute Gasteiger partial charge is 0.381 e. The zero-order chi connectivity index (χ0) is 13.0. The van der Waals surface area contributed by atoms with Crippen LogP contribution in [0.3, 0.4) is 0 Å². The number of nitriles is 1. The summed E-state index contributed by atoms with van der Waals surface area (Å²) in [4.78, 5) is 0. The second-order valence-corrected chi connectivity index (χ2v) is 4.55. The molecule has 0 amide bonds. The lowest BCUT2D eigenvalue weighted by atomic mass is 10.1. The van der Waals surface area contributed by atoms with E-state index in [1.54, 1.807) is 12.1 Å². The molecule has 90 valence electrons. The van der Waals surface area contributed by atoms with E-state index in [-0.39, 0.29) is 0 Å². The normalized spacial score (nSPS) is 9.83. The van der Waals surface area contributed by atoms with Crippen LogP contribution in [0.4, 0.5) is 5.69 Å². The van der Waals surface area contributed by atoms with Crippen LogP contribution in [0.2, 0.25) is 5.02 Å². The zero-order valence-corrected chi connectivity index (χ0v) is 10.8. The maximum atomic E-state index is 8.72. The zero-order valence-electron chi connectivity index (χ0n) is 10.1. The minimum Gasteiger partial charge on any atom is -0.381 e. The second-order valence-electron chi connectivity index (χ2n) is 4.11. The molecule has 18 heavy (non-hydrogen) atoms. The number of anilines is 1. The first-order valence-electron chi connectivity index (χ1n) is 5.68. The van der Waals surface area contributed by atoms with Gasteiger partial charge in [-0.15, -0.1) is 0 Å². The second kappa shape index (κ2) is 5.57. The molecule has 0 aromatic heterocycles. The van der Waals surface area contributed by atoms with E-state index in [4.69, 9.17) is 16.9 Å². The average molecular weight is 257 g/mol. The highest BCUT2D eigenvalue weighted by molar-refractivity contribution is 6.30. The van der Waals surface area contributed by atoms with Gasteiger partial charge in [0.2, 0.25) is 0 Å². The van der Waals surface area contributed by atoms with E-state index in [1.165, 1.54) is 11.1 Å². The van der Waals surface area contributed by atoms with Gasteiger partial charge in [0, 0.05) is 17.3 Å². The molecule has 2 aromatic carbocycles. The molecule has 0 radical (unpaired) electrons. The van der Waals surface area contributed by atoms with Gasteiger partial charge < -0.3 is 5.32 Å². The van der Waals surface area contributed by atoms with Gasteiger partial charge in [0.05, 0.1) is 11.6 Å². The average Bonchev–Trinajstić information content (AvgIpc) is 2.38. The summed E-state index contributed by atoms with van der Waals surface area (Å²) in [7, 11) is 0. The van der Waals surface area contributed by atoms with Gasteiger partial charge in [-0.25, -0.2) is 0 Å². The molecule has 0 spiro atoms. The minimum absolute atomic E-state index is 0.670. The van der Waals surface area contributed by atoms with E-state index < -0.39 is 0 Å². The van der Waals surface area contributed by atoms with Crippen molar-refractivity contribution in [1.29, 1.82) is 5.26 Å². The topological polar surface area (TPSA) is 35.8 Å². The summed E-state index contributed by atoms with van der Waals surface area (Å²) in [5, 5.41) is 12.8. The molecule has 2 aromatic rings. The Morgan fingerprint density at radius 2 is 1.89 bits per heavy atom. The van der Waals surface area contributed by atoms with Crippen molar-refractivity contribution in [2.45, 2.75) is 13.5 Å². The van der Waals surface area contributed by atoms with E-state index in [2.05, 4.69) is 11.4 Å². The smallest absolute Gasteiger partial charge is 0.0991 e. The number of rotatable bonds is 3. The first kappa shape index (κ1) is 12.5. The highest BCUT2D eigenvalue weighted by atomic mass is 35.5. The Morgan fingerprint density at radius 1 is 1.17 bits per heavy atom. The van der Waals surface area contributed by atoms with Gasteiger partial charge in [-0.05, 0) is 54.4 Å². The third kappa shape index (κ3) is 3.03. The lowest BCUT2D eigenvalue weighted by molar-refractivity contribution is 1.12. The van der Waals surface area contributed by atoms with Crippen LogP contribution < -0.4 is 5.32 Å². The summed E-state index contributed by atoms with van der Waals surface area (Å²) in [6.07, 6.45) is 0. The Labute approximate surface area is 112 Å². The number of hydrogen-bond donors (Lipinski definition) is 1. The lowest BCUT2D eigenvalue weighted by Crippen LogP contribution is -2.01. The van der Waals surface area contributed by atoms with Gasteiger partial charge >= 0.3 is 0 Å². The quantitative estimate of drug-likeness (QED) is 0.896. The van der Waals surface area contributed by atoms with E-state index in [0.717, 1.165) is 17.3 Å². The van der Waals surface area contributed by atoms with Crippen molar-refractivity contribution < 1.29 is 0 Å². The summed E-state index contributed by atoms with van der Waals surface area (Å²) in [5.41, 5.74) is 4.05. The summed E-state index contributed by atoms with van der Waals surface area (Å²) in [6.45, 7) is 2.79. The number of nitrogens with one attached hydrogen (secondary N) is 1. The predicted molar refractivity (Wildman–Crippen MR) is 74.7 cm³/mol. The molecule has 0 saturated heterocycles. The minimum atomic E-state index is 0.670. The van der Waals surface area contributed by atoms with E-state index >= 15 is 0 Å². The van der Waals surface area contributed by atoms with Crippen molar-refractivity contribution in [2.24, 2.45) is 0 Å². The van der Waals surface area contributed by atoms with E-state index in [1.807, 2.05) is 37.3 Å². The van der Waals surface area contributed by atoms with Crippen molar-refractivity contribution in [3.8, 4) is 6.07 Å². The van der Waals surface area contributed by atoms with Crippen molar-refractivity contribution in [1.82, 2.24) is 0 Å². The predicted octanol–water partition coefficient (Wildman–Crippen LogP) is 4.13. The lowest BCUT2D eigenvalue weighted by Gasteiger charge is -2.09. The fourth-order valence-corrected chi connectivity index (χ4v) is 1.94. The molecule has 0 aliphatic carbocycles. The van der Waals surface area contributed by atoms with Gasteiger partial charge in [-0.3, -0.25) is 0 Å². The van der Waals surface area contributed by atoms with Crippen molar-refractivity contribution in [3.05, 3.63) is 64.2 Å². The molecular formula is C15H13ClN2. The first-order valence-corrected chi connectivity index (χ1v) is 6.06. The monoisotopic (exact) mass is 256 g/mol. The molecule has 0 aliphatic heterocycles. The summed E-state index contributed by atoms with van der Waals surface area (Å²) >= 11 is 5.92. The van der Waals surface area contributed by atoms with Crippen LogP contribution in [-0.2, 0) is 6.54 Å². The number of halogens is 1. The van der Waals surface area contributed by atoms with Crippen LogP contribution >= 0.6 is 11.6 Å². The number of benzene rings is 2. The Morgan fingerprint density at radius 3 is 2.50 bits per heavy atom. The van der Waals surface area contributed by atoms with E-state index in [9.17, 15) is 0 Å². The third-order valence-electron chi connectivity index (χ3n) is 2.80. The molecule has 2 rings (SSSR count). The summed E-state index contributed by atoms with van der Waals surface area (Å²) in [6, 6.07) is 15.4. The van der Waals surface area contributed by atoms with Crippen LogP contribution in [0.25, 0.3) is 0 Å². The molecule has 1 N–H and O–H groups in total. The van der Waals surface area contributed by atoms with Gasteiger partial charge in [-0.1, -0.05) is 17.7 Å². The Kier molecular flexibility index (Phi) is 3.86. The fourth-order valence-electron chi connectivity index (χ4n) is 1.72. The molecule has 3 heteroatoms. The molecule has 0 bridgehead atoms. The summed E-state index contributed by atoms with van der Waals surface area (Å²) in [5.74, 6) is 0. The summed E-state index contributed by atoms with van der Waals surface area (Å²) < 4.78 is 0. The van der Waals surface area contributed by atoms with Crippen molar-refractivity contribution in [2.75, 3.05) is 5.32 Å². The number of hydrogen-bond acceptors (Lipinski definition) is 2. The fraction of sp³-hybridized carbons (Fsp3) is 0.133. The van der Waals surface area contributed by atoms with Gasteiger partial charge in [-0.2, -0.15) is 5.26 Å². The molecular weight excluding hydrogens is 244 g/mol. The third-order valence-corrected chi connectivity index (χ3v) is 3.04. The molecule has 0 unspecified atom stereocenters. The molecule has 0 heterocycles. The van der Waals surface area contributed by atoms with Crippen molar-refractivity contribution in [3.63, 3.8) is 0 Å². The number of nitrogens with zero attached hydrogens (tertiary/aromatic N) is 1. The molecule has 0 saturated carbocycles. The highest BCUT2D eigenvalue weighted by Crippen LogP contribution is 2.17. The van der Waals surface area contributed by atoms with Crippen LogP contribution in [0.15, 0.2) is 42.5 Å². The van der Waals surface area contributed by atoms with Gasteiger partial charge in [0.1, 0.15) is 0 Å². The molecule has 2 nitrogen and oxygen atoms in total. The molecule has 0 fully saturated rings. The van der Waals surface area contributed by atoms with Crippen LogP contribution in [0, 0.1) is 18.3 Å². The standard InChI is InChI=1S/C15H13ClN2/c1-11-8-14(16)5-4-13(11)10-18-15-6-2-12(9-17)3-7-15/h2-8,18H,10H2,1H3. The Hall–Kier alpha value is -1.98. The van der Waals surface area contributed by atoms with Crippen LogP contribution in [-0.4, -0.2) is 0 Å². The van der Waals surface area contributed by atoms with E-state index in [0.29, 0.717) is 5.56 Å². The highest BCUT2D eigenvalue weighted by Gasteiger charge is 1.99. The van der Waals surface area contributed by atoms with Gasteiger partial charge in [0.15, 0.2) is 0 Å². The maximum absolute atomic E-state index is 8.72. The maximum Gasteiger partial charge on any atom is 0.0991 e. The van der Waals surface area contributed by atoms with Crippen LogP contribution in [0.5, 0.6) is 0 Å². The van der Waals surface area contributed by atoms with Gasteiger partial charge in [0.25, 0.3) is 0 Å². The molecule has 0 aliphatic rings. The first-order chi connectivity index (χ1) is 8.69. The Bertz CT molecular complexity index is 582. The Balaban J connectivity index is 2.04. The SMILES string of the molecule is Cc1cc(Cl)ccc1CNc1ccc(C#N)cc1. The molecule has 0 atom stereocenters. The van der Waals surface area contributed by atoms with Crippen LogP contribution in [0.1, 0.15) is 16.7 Å². The van der Waals surface area contributed by atoms with Crippen molar-refractivity contribution >= 4 is 17.3 Å². The number of aryl methyl sites for hydroxylation is 1.